The van der Waals surface area contributed by atoms with Gasteiger partial charge in [-0.3, -0.25) is 0 Å². The molecule has 2 heterocycles. The zero-order valence-electron chi connectivity index (χ0n) is 10.6. The summed E-state index contributed by atoms with van der Waals surface area (Å²) in [4.78, 5) is 4.25. The van der Waals surface area contributed by atoms with Crippen molar-refractivity contribution < 1.29 is 14.4 Å². The first-order valence-electron chi connectivity index (χ1n) is 5.96. The summed E-state index contributed by atoms with van der Waals surface area (Å²) in [6.45, 7) is 1.81. The third kappa shape index (κ3) is 2.18. The van der Waals surface area contributed by atoms with E-state index in [2.05, 4.69) is 10.1 Å². The minimum atomic E-state index is 0.181. The van der Waals surface area contributed by atoms with Crippen molar-refractivity contribution in [3.05, 3.63) is 53.5 Å². The number of aromatic hydroxyl groups is 1. The van der Waals surface area contributed by atoms with Crippen LogP contribution in [-0.2, 0) is 0 Å². The van der Waals surface area contributed by atoms with Crippen LogP contribution in [0.5, 0.6) is 5.75 Å². The summed E-state index contributed by atoms with van der Waals surface area (Å²) in [5.41, 5.74) is 2.10. The Morgan fingerprint density at radius 3 is 2.60 bits per heavy atom. The molecule has 0 unspecified atom stereocenters. The second kappa shape index (κ2) is 4.65. The van der Waals surface area contributed by atoms with E-state index in [-0.39, 0.29) is 5.75 Å². The molecule has 1 aromatic carbocycles. The highest BCUT2D eigenvalue weighted by Crippen LogP contribution is 2.26. The molecule has 0 saturated heterocycles. The minimum absolute atomic E-state index is 0.181. The Hall–Kier alpha value is -2.89. The van der Waals surface area contributed by atoms with Crippen LogP contribution in [0, 0.1) is 12.1 Å². The molecule has 6 heteroatoms. The monoisotopic (exact) mass is 269 g/mol. The number of aromatic nitrogens is 3. The van der Waals surface area contributed by atoms with Gasteiger partial charge in [0.25, 0.3) is 5.89 Å². The molecule has 1 N–H and O–H groups in total. The SMILES string of the molecule is Cc1ccc(-c2noc(-c3cc[n+]([O-])cc3)n2)cc1O. The largest absolute Gasteiger partial charge is 0.619 e. The van der Waals surface area contributed by atoms with Gasteiger partial charge < -0.3 is 14.8 Å². The van der Waals surface area contributed by atoms with Crippen LogP contribution in [-0.4, -0.2) is 15.2 Å². The zero-order valence-corrected chi connectivity index (χ0v) is 10.6. The molecule has 0 saturated carbocycles. The topological polar surface area (TPSA) is 86.1 Å². The van der Waals surface area contributed by atoms with E-state index >= 15 is 0 Å². The van der Waals surface area contributed by atoms with E-state index in [1.165, 1.54) is 12.4 Å². The lowest BCUT2D eigenvalue weighted by atomic mass is 10.1. The lowest BCUT2D eigenvalue weighted by molar-refractivity contribution is -0.605. The maximum Gasteiger partial charge on any atom is 0.258 e. The van der Waals surface area contributed by atoms with E-state index in [0.717, 1.165) is 5.56 Å². The number of hydrogen-bond acceptors (Lipinski definition) is 5. The predicted molar refractivity (Wildman–Crippen MR) is 70.5 cm³/mol. The third-order valence-electron chi connectivity index (χ3n) is 2.94. The molecule has 0 bridgehead atoms. The van der Waals surface area contributed by atoms with Gasteiger partial charge in [0.1, 0.15) is 5.75 Å². The van der Waals surface area contributed by atoms with Gasteiger partial charge in [-0.25, -0.2) is 0 Å². The summed E-state index contributed by atoms with van der Waals surface area (Å²) in [5, 5.41) is 24.5. The van der Waals surface area contributed by atoms with Crippen molar-refractivity contribution in [1.29, 1.82) is 0 Å². The molecule has 0 amide bonds. The Kier molecular flexibility index (Phi) is 2.83. The third-order valence-corrected chi connectivity index (χ3v) is 2.94. The number of phenols is 1. The molecule has 0 aliphatic rings. The van der Waals surface area contributed by atoms with E-state index in [9.17, 15) is 10.3 Å². The average molecular weight is 269 g/mol. The molecular weight excluding hydrogens is 258 g/mol. The summed E-state index contributed by atoms with van der Waals surface area (Å²) in [6, 6.07) is 8.36. The fourth-order valence-electron chi connectivity index (χ4n) is 1.76. The summed E-state index contributed by atoms with van der Waals surface area (Å²) in [7, 11) is 0. The molecule has 3 rings (SSSR count). The smallest absolute Gasteiger partial charge is 0.258 e. The van der Waals surface area contributed by atoms with Gasteiger partial charge in [-0.05, 0) is 18.6 Å². The normalized spacial score (nSPS) is 10.7. The summed E-state index contributed by atoms with van der Waals surface area (Å²) in [6.07, 6.45) is 2.72. The van der Waals surface area contributed by atoms with Crippen molar-refractivity contribution >= 4 is 0 Å². The van der Waals surface area contributed by atoms with E-state index in [1.807, 2.05) is 6.92 Å². The maximum absolute atomic E-state index is 11.0. The fourth-order valence-corrected chi connectivity index (χ4v) is 1.76. The molecule has 0 radical (unpaired) electrons. The standard InChI is InChI=1S/C14H11N3O3/c1-9-2-3-11(8-12(9)18)13-15-14(20-16-13)10-4-6-17(19)7-5-10/h2-8,18H,1H3. The van der Waals surface area contributed by atoms with Gasteiger partial charge in [0.2, 0.25) is 5.82 Å². The first-order chi connectivity index (χ1) is 9.63. The van der Waals surface area contributed by atoms with Crippen LogP contribution in [0.25, 0.3) is 22.8 Å². The van der Waals surface area contributed by atoms with Crippen molar-refractivity contribution in [2.24, 2.45) is 0 Å². The number of nitrogens with zero attached hydrogens (tertiary/aromatic N) is 3. The lowest BCUT2D eigenvalue weighted by Crippen LogP contribution is -2.23. The highest BCUT2D eigenvalue weighted by atomic mass is 16.5. The molecule has 0 aliphatic carbocycles. The molecule has 0 atom stereocenters. The van der Waals surface area contributed by atoms with Gasteiger partial charge in [0, 0.05) is 17.7 Å². The number of pyridine rings is 1. The van der Waals surface area contributed by atoms with Crippen LogP contribution in [0.4, 0.5) is 0 Å². The quantitative estimate of drug-likeness (QED) is 0.568. The number of aryl methyl sites for hydroxylation is 1. The van der Waals surface area contributed by atoms with E-state index in [0.29, 0.717) is 27.6 Å². The number of benzene rings is 1. The molecule has 100 valence electrons. The lowest BCUT2D eigenvalue weighted by Gasteiger charge is -1.99. The van der Waals surface area contributed by atoms with Gasteiger partial charge in [-0.1, -0.05) is 17.3 Å². The maximum atomic E-state index is 11.0. The molecule has 0 fully saturated rings. The van der Waals surface area contributed by atoms with Crippen molar-refractivity contribution in [3.8, 4) is 28.6 Å². The van der Waals surface area contributed by atoms with Crippen LogP contribution in [0.3, 0.4) is 0 Å². The second-order valence-corrected chi connectivity index (χ2v) is 4.37. The summed E-state index contributed by atoms with van der Waals surface area (Å²) >= 11 is 0. The first-order valence-corrected chi connectivity index (χ1v) is 5.96. The Balaban J connectivity index is 1.97. The van der Waals surface area contributed by atoms with Crippen LogP contribution in [0.1, 0.15) is 5.56 Å². The summed E-state index contributed by atoms with van der Waals surface area (Å²) in [5.74, 6) is 0.885. The molecule has 6 nitrogen and oxygen atoms in total. The highest BCUT2D eigenvalue weighted by molar-refractivity contribution is 5.61. The van der Waals surface area contributed by atoms with E-state index in [4.69, 9.17) is 4.52 Å². The van der Waals surface area contributed by atoms with Crippen LogP contribution >= 0.6 is 0 Å². The van der Waals surface area contributed by atoms with Gasteiger partial charge in [-0.15, -0.1) is 0 Å². The molecule has 0 aliphatic heterocycles. The van der Waals surface area contributed by atoms with Gasteiger partial charge in [-0.2, -0.15) is 9.71 Å². The predicted octanol–water partition coefficient (Wildman–Crippen LogP) is 2.05. The first kappa shape index (κ1) is 12.2. The van der Waals surface area contributed by atoms with Gasteiger partial charge in [0.05, 0.1) is 5.56 Å². The Bertz CT molecular complexity index is 751. The number of phenolic OH excluding ortho intramolecular Hbond substituents is 1. The minimum Gasteiger partial charge on any atom is -0.619 e. The Morgan fingerprint density at radius 2 is 1.90 bits per heavy atom. The molecule has 3 aromatic rings. The van der Waals surface area contributed by atoms with Crippen LogP contribution in [0.2, 0.25) is 0 Å². The van der Waals surface area contributed by atoms with Gasteiger partial charge in [0.15, 0.2) is 12.4 Å². The fraction of sp³-hybridized carbons (Fsp3) is 0.0714. The van der Waals surface area contributed by atoms with Gasteiger partial charge >= 0.3 is 0 Å². The van der Waals surface area contributed by atoms with Crippen molar-refractivity contribution in [1.82, 2.24) is 10.1 Å². The van der Waals surface area contributed by atoms with Crippen molar-refractivity contribution in [2.75, 3.05) is 0 Å². The number of rotatable bonds is 2. The zero-order chi connectivity index (χ0) is 14.1. The van der Waals surface area contributed by atoms with Crippen LogP contribution in [0.15, 0.2) is 47.2 Å². The average Bonchev–Trinajstić information content (AvgIpc) is 2.92. The molecule has 20 heavy (non-hydrogen) atoms. The molecule has 2 aromatic heterocycles. The molecular formula is C14H11N3O3. The Labute approximate surface area is 114 Å². The van der Waals surface area contributed by atoms with Crippen molar-refractivity contribution in [2.45, 2.75) is 6.92 Å². The Morgan fingerprint density at radius 1 is 1.15 bits per heavy atom. The summed E-state index contributed by atoms with van der Waals surface area (Å²) < 4.78 is 5.84. The van der Waals surface area contributed by atoms with E-state index < -0.39 is 0 Å². The second-order valence-electron chi connectivity index (χ2n) is 4.37. The van der Waals surface area contributed by atoms with Crippen molar-refractivity contribution in [3.63, 3.8) is 0 Å². The molecule has 0 spiro atoms. The number of hydrogen-bond donors (Lipinski definition) is 1. The highest BCUT2D eigenvalue weighted by Gasteiger charge is 2.12. The van der Waals surface area contributed by atoms with E-state index in [1.54, 1.807) is 30.3 Å². The van der Waals surface area contributed by atoms with Crippen LogP contribution < -0.4 is 4.73 Å².